The summed E-state index contributed by atoms with van der Waals surface area (Å²) in [4.78, 5) is 0. The third kappa shape index (κ3) is 3.08. The largest absolute Gasteiger partial charge is 0.378 e. The highest BCUT2D eigenvalue weighted by Crippen LogP contribution is 2.21. The summed E-state index contributed by atoms with van der Waals surface area (Å²) >= 11 is 0. The Kier molecular flexibility index (Phi) is 4.19. The molecular formula is C15H23NO. The van der Waals surface area contributed by atoms with Crippen molar-refractivity contribution in [2.75, 3.05) is 13.2 Å². The molecule has 1 fully saturated rings. The average Bonchev–Trinajstić information content (AvgIpc) is 2.40. The molecule has 1 saturated heterocycles. The molecule has 0 spiro atoms. The standard InChI is InChI=1S/C15H23NO/c1-3-15(4-2)12-17-11-14(16-15)10-13-8-6-5-7-9-13/h5-9,14,16H,3-4,10-12H2,1-2H3/t14-/m1/s1. The van der Waals surface area contributed by atoms with E-state index < -0.39 is 0 Å². The quantitative estimate of drug-likeness (QED) is 0.863. The normalized spacial score (nSPS) is 23.5. The van der Waals surface area contributed by atoms with E-state index in [0.717, 1.165) is 32.5 Å². The maximum absolute atomic E-state index is 5.79. The third-order valence-corrected chi connectivity index (χ3v) is 3.89. The summed E-state index contributed by atoms with van der Waals surface area (Å²) in [6.45, 7) is 6.16. The first-order valence-corrected chi connectivity index (χ1v) is 6.67. The Bertz CT molecular complexity index is 332. The summed E-state index contributed by atoms with van der Waals surface area (Å²) in [6.07, 6.45) is 3.33. The summed E-state index contributed by atoms with van der Waals surface area (Å²) in [5.74, 6) is 0. The van der Waals surface area contributed by atoms with Gasteiger partial charge in [-0.3, -0.25) is 0 Å². The first kappa shape index (κ1) is 12.6. The molecule has 1 aromatic carbocycles. The molecule has 0 saturated carbocycles. The molecule has 0 aliphatic carbocycles. The van der Waals surface area contributed by atoms with E-state index in [4.69, 9.17) is 4.74 Å². The van der Waals surface area contributed by atoms with Gasteiger partial charge in [-0.15, -0.1) is 0 Å². The Hall–Kier alpha value is -0.860. The Morgan fingerprint density at radius 3 is 2.59 bits per heavy atom. The number of ether oxygens (including phenoxy) is 1. The summed E-state index contributed by atoms with van der Waals surface area (Å²) in [6, 6.07) is 11.1. The van der Waals surface area contributed by atoms with Crippen LogP contribution in [0.2, 0.25) is 0 Å². The van der Waals surface area contributed by atoms with Crippen LogP contribution in [0.15, 0.2) is 30.3 Å². The van der Waals surface area contributed by atoms with Crippen LogP contribution < -0.4 is 5.32 Å². The second-order valence-electron chi connectivity index (χ2n) is 5.03. The number of benzene rings is 1. The van der Waals surface area contributed by atoms with Gasteiger partial charge in [0, 0.05) is 11.6 Å². The first-order chi connectivity index (χ1) is 8.28. The zero-order chi connectivity index (χ0) is 12.1. The molecule has 1 N–H and O–H groups in total. The lowest BCUT2D eigenvalue weighted by Gasteiger charge is -2.41. The van der Waals surface area contributed by atoms with Crippen molar-refractivity contribution in [3.8, 4) is 0 Å². The van der Waals surface area contributed by atoms with Crippen molar-refractivity contribution >= 4 is 0 Å². The zero-order valence-corrected chi connectivity index (χ0v) is 10.9. The molecule has 1 heterocycles. The van der Waals surface area contributed by atoms with Crippen LogP contribution in [0.4, 0.5) is 0 Å². The van der Waals surface area contributed by atoms with Gasteiger partial charge in [-0.05, 0) is 24.8 Å². The molecular weight excluding hydrogens is 210 g/mol. The number of nitrogens with one attached hydrogen (secondary N) is 1. The highest BCUT2D eigenvalue weighted by molar-refractivity contribution is 5.16. The molecule has 2 nitrogen and oxygen atoms in total. The van der Waals surface area contributed by atoms with Gasteiger partial charge in [-0.2, -0.15) is 0 Å². The molecule has 2 rings (SSSR count). The van der Waals surface area contributed by atoms with E-state index >= 15 is 0 Å². The molecule has 94 valence electrons. The fraction of sp³-hybridized carbons (Fsp3) is 0.600. The monoisotopic (exact) mass is 233 g/mol. The van der Waals surface area contributed by atoms with Gasteiger partial charge >= 0.3 is 0 Å². The fourth-order valence-corrected chi connectivity index (χ4v) is 2.58. The molecule has 17 heavy (non-hydrogen) atoms. The molecule has 0 aromatic heterocycles. The highest BCUT2D eigenvalue weighted by Gasteiger charge is 2.33. The number of morpholine rings is 1. The molecule has 1 atom stereocenters. The number of hydrogen-bond acceptors (Lipinski definition) is 2. The van der Waals surface area contributed by atoms with Crippen LogP contribution in [0.3, 0.4) is 0 Å². The van der Waals surface area contributed by atoms with Crippen molar-refractivity contribution < 1.29 is 4.74 Å². The van der Waals surface area contributed by atoms with Crippen molar-refractivity contribution in [3.63, 3.8) is 0 Å². The van der Waals surface area contributed by atoms with Gasteiger partial charge in [0.2, 0.25) is 0 Å². The molecule has 0 unspecified atom stereocenters. The minimum atomic E-state index is 0.192. The van der Waals surface area contributed by atoms with Crippen molar-refractivity contribution in [3.05, 3.63) is 35.9 Å². The van der Waals surface area contributed by atoms with E-state index in [9.17, 15) is 0 Å². The number of hydrogen-bond donors (Lipinski definition) is 1. The van der Waals surface area contributed by atoms with Gasteiger partial charge in [-0.1, -0.05) is 44.2 Å². The minimum absolute atomic E-state index is 0.192. The SMILES string of the molecule is CCC1(CC)COC[C@@H](Cc2ccccc2)N1. The minimum Gasteiger partial charge on any atom is -0.378 e. The molecule has 1 aliphatic rings. The summed E-state index contributed by atoms with van der Waals surface area (Å²) in [5.41, 5.74) is 1.58. The molecule has 0 radical (unpaired) electrons. The van der Waals surface area contributed by atoms with Crippen LogP contribution in [-0.2, 0) is 11.2 Å². The van der Waals surface area contributed by atoms with E-state index in [1.165, 1.54) is 5.56 Å². The second kappa shape index (κ2) is 5.65. The molecule has 1 aromatic rings. The lowest BCUT2D eigenvalue weighted by atomic mass is 9.90. The van der Waals surface area contributed by atoms with Gasteiger partial charge in [0.15, 0.2) is 0 Å². The van der Waals surface area contributed by atoms with E-state index in [1.807, 2.05) is 0 Å². The summed E-state index contributed by atoms with van der Waals surface area (Å²) in [5, 5.41) is 3.79. The van der Waals surface area contributed by atoms with Crippen molar-refractivity contribution in [1.29, 1.82) is 0 Å². The van der Waals surface area contributed by atoms with Crippen LogP contribution in [0.1, 0.15) is 32.3 Å². The highest BCUT2D eigenvalue weighted by atomic mass is 16.5. The van der Waals surface area contributed by atoms with Gasteiger partial charge < -0.3 is 10.1 Å². The van der Waals surface area contributed by atoms with E-state index in [2.05, 4.69) is 49.5 Å². The maximum atomic E-state index is 5.79. The number of rotatable bonds is 4. The predicted molar refractivity (Wildman–Crippen MR) is 71.2 cm³/mol. The third-order valence-electron chi connectivity index (χ3n) is 3.89. The Balaban J connectivity index is 1.98. The van der Waals surface area contributed by atoms with E-state index in [0.29, 0.717) is 6.04 Å². The Labute approximate surface area is 104 Å². The Morgan fingerprint density at radius 1 is 1.24 bits per heavy atom. The van der Waals surface area contributed by atoms with Crippen molar-refractivity contribution in [2.24, 2.45) is 0 Å². The predicted octanol–water partition coefficient (Wildman–Crippen LogP) is 2.78. The fourth-order valence-electron chi connectivity index (χ4n) is 2.58. The van der Waals surface area contributed by atoms with Gasteiger partial charge in [-0.25, -0.2) is 0 Å². The smallest absolute Gasteiger partial charge is 0.0648 e. The lowest BCUT2D eigenvalue weighted by molar-refractivity contribution is -0.00510. The van der Waals surface area contributed by atoms with Crippen LogP contribution in [0, 0.1) is 0 Å². The van der Waals surface area contributed by atoms with Gasteiger partial charge in [0.05, 0.1) is 13.2 Å². The van der Waals surface area contributed by atoms with Crippen molar-refractivity contribution in [2.45, 2.75) is 44.7 Å². The summed E-state index contributed by atoms with van der Waals surface area (Å²) < 4.78 is 5.79. The topological polar surface area (TPSA) is 21.3 Å². The van der Waals surface area contributed by atoms with Crippen LogP contribution in [-0.4, -0.2) is 24.8 Å². The van der Waals surface area contributed by atoms with Gasteiger partial charge in [0.1, 0.15) is 0 Å². The average molecular weight is 233 g/mol. The zero-order valence-electron chi connectivity index (χ0n) is 10.9. The second-order valence-corrected chi connectivity index (χ2v) is 5.03. The van der Waals surface area contributed by atoms with E-state index in [-0.39, 0.29) is 5.54 Å². The summed E-state index contributed by atoms with van der Waals surface area (Å²) in [7, 11) is 0. The molecule has 0 bridgehead atoms. The first-order valence-electron chi connectivity index (χ1n) is 6.67. The maximum Gasteiger partial charge on any atom is 0.0648 e. The van der Waals surface area contributed by atoms with Crippen LogP contribution in [0.5, 0.6) is 0 Å². The van der Waals surface area contributed by atoms with Crippen LogP contribution >= 0.6 is 0 Å². The van der Waals surface area contributed by atoms with Crippen LogP contribution in [0.25, 0.3) is 0 Å². The van der Waals surface area contributed by atoms with Gasteiger partial charge in [0.25, 0.3) is 0 Å². The molecule has 2 heteroatoms. The molecule has 0 amide bonds. The lowest BCUT2D eigenvalue weighted by Crippen LogP contribution is -2.59. The van der Waals surface area contributed by atoms with E-state index in [1.54, 1.807) is 0 Å². The Morgan fingerprint density at radius 2 is 1.94 bits per heavy atom. The van der Waals surface area contributed by atoms with Crippen molar-refractivity contribution in [1.82, 2.24) is 5.32 Å². The molecule has 1 aliphatic heterocycles.